The number of ether oxygens (including phenoxy) is 1. The van der Waals surface area contributed by atoms with Crippen molar-refractivity contribution in [3.8, 4) is 5.75 Å². The van der Waals surface area contributed by atoms with Crippen molar-refractivity contribution in [1.29, 1.82) is 0 Å². The first kappa shape index (κ1) is 14.4. The van der Waals surface area contributed by atoms with Crippen LogP contribution in [-0.2, 0) is 19.4 Å². The minimum Gasteiger partial charge on any atom is -0.497 e. The lowest BCUT2D eigenvalue weighted by molar-refractivity contribution is 0.414. The van der Waals surface area contributed by atoms with E-state index < -0.39 is 0 Å². The molecule has 5 nitrogen and oxygen atoms in total. The fraction of sp³-hybridized carbons (Fsp3) is 0.353. The molecule has 1 aliphatic carbocycles. The van der Waals surface area contributed by atoms with Crippen LogP contribution in [-0.4, -0.2) is 22.1 Å². The van der Waals surface area contributed by atoms with E-state index in [0.717, 1.165) is 40.8 Å². The van der Waals surface area contributed by atoms with Crippen LogP contribution in [0.4, 0.5) is 0 Å². The highest BCUT2D eigenvalue weighted by Crippen LogP contribution is 2.33. The number of fused-ring (bicyclic) bond motifs is 3. The second-order valence-corrected chi connectivity index (χ2v) is 6.87. The summed E-state index contributed by atoms with van der Waals surface area (Å²) >= 11 is 1.63. The van der Waals surface area contributed by atoms with Gasteiger partial charge in [0.05, 0.1) is 19.0 Å². The molecule has 0 fully saturated rings. The average molecular weight is 327 g/mol. The highest BCUT2D eigenvalue weighted by molar-refractivity contribution is 7.18. The Bertz CT molecular complexity index is 912. The Morgan fingerprint density at radius 1 is 1.22 bits per heavy atom. The van der Waals surface area contributed by atoms with Gasteiger partial charge >= 0.3 is 0 Å². The van der Waals surface area contributed by atoms with Gasteiger partial charge in [-0.15, -0.1) is 16.4 Å². The monoisotopic (exact) mass is 327 g/mol. The Kier molecular flexibility index (Phi) is 3.61. The summed E-state index contributed by atoms with van der Waals surface area (Å²) in [6.07, 6.45) is 4.40. The van der Waals surface area contributed by atoms with Crippen molar-refractivity contribution in [1.82, 2.24) is 15.0 Å². The van der Waals surface area contributed by atoms with Crippen LogP contribution in [0.5, 0.6) is 5.75 Å². The van der Waals surface area contributed by atoms with Gasteiger partial charge in [-0.2, -0.15) is 0 Å². The number of thiophene rings is 1. The van der Waals surface area contributed by atoms with Gasteiger partial charge in [-0.05, 0) is 48.9 Å². The molecule has 0 atom stereocenters. The van der Waals surface area contributed by atoms with E-state index in [1.165, 1.54) is 21.5 Å². The van der Waals surface area contributed by atoms with Crippen molar-refractivity contribution < 1.29 is 4.74 Å². The van der Waals surface area contributed by atoms with E-state index in [-0.39, 0.29) is 5.56 Å². The first-order valence-corrected chi connectivity index (χ1v) is 8.59. The largest absolute Gasteiger partial charge is 0.497 e. The minimum absolute atomic E-state index is 0.0229. The Morgan fingerprint density at radius 2 is 2.00 bits per heavy atom. The molecule has 23 heavy (non-hydrogen) atoms. The fourth-order valence-corrected chi connectivity index (χ4v) is 4.31. The Labute approximate surface area is 137 Å². The third-order valence-corrected chi connectivity index (χ3v) is 5.51. The molecular formula is C17H17N3O2S. The third-order valence-electron chi connectivity index (χ3n) is 4.34. The molecule has 0 N–H and O–H groups in total. The standard InChI is InChI=1S/C17H17N3O2S/c1-22-12-8-6-11(7-9-12)10-20-17(21)15-13-4-2-3-5-14(13)23-16(15)18-19-20/h6-9H,2-5,10H2,1H3. The minimum atomic E-state index is -0.0229. The van der Waals surface area contributed by atoms with Crippen LogP contribution in [0.15, 0.2) is 29.1 Å². The van der Waals surface area contributed by atoms with Crippen molar-refractivity contribution in [2.45, 2.75) is 32.2 Å². The van der Waals surface area contributed by atoms with E-state index in [1.54, 1.807) is 18.4 Å². The van der Waals surface area contributed by atoms with Gasteiger partial charge in [0.2, 0.25) is 0 Å². The average Bonchev–Trinajstić information content (AvgIpc) is 2.97. The zero-order valence-corrected chi connectivity index (χ0v) is 13.7. The molecular weight excluding hydrogens is 310 g/mol. The molecule has 0 spiro atoms. The van der Waals surface area contributed by atoms with Gasteiger partial charge in [0, 0.05) is 4.88 Å². The summed E-state index contributed by atoms with van der Waals surface area (Å²) in [5.74, 6) is 0.800. The van der Waals surface area contributed by atoms with Crippen molar-refractivity contribution >= 4 is 21.6 Å². The lowest BCUT2D eigenvalue weighted by Gasteiger charge is -2.10. The number of aryl methyl sites for hydroxylation is 2. The number of hydrogen-bond donors (Lipinski definition) is 0. The molecule has 4 rings (SSSR count). The first-order chi connectivity index (χ1) is 11.3. The van der Waals surface area contributed by atoms with Gasteiger partial charge in [-0.3, -0.25) is 4.79 Å². The number of methoxy groups -OCH3 is 1. The molecule has 118 valence electrons. The van der Waals surface area contributed by atoms with Crippen molar-refractivity contribution in [2.75, 3.05) is 7.11 Å². The van der Waals surface area contributed by atoms with E-state index in [2.05, 4.69) is 10.3 Å². The molecule has 0 unspecified atom stereocenters. The maximum absolute atomic E-state index is 12.8. The summed E-state index contributed by atoms with van der Waals surface area (Å²) in [6, 6.07) is 7.66. The Morgan fingerprint density at radius 3 is 2.78 bits per heavy atom. The molecule has 2 heterocycles. The number of aromatic nitrogens is 3. The smallest absolute Gasteiger partial charge is 0.279 e. The molecule has 2 aromatic heterocycles. The zero-order chi connectivity index (χ0) is 15.8. The van der Waals surface area contributed by atoms with E-state index in [1.807, 2.05) is 24.3 Å². The van der Waals surface area contributed by atoms with Crippen LogP contribution < -0.4 is 10.3 Å². The Hall–Kier alpha value is -2.21. The second kappa shape index (κ2) is 5.77. The quantitative estimate of drug-likeness (QED) is 0.742. The number of benzene rings is 1. The van der Waals surface area contributed by atoms with Gasteiger partial charge in [0.15, 0.2) is 4.83 Å². The lowest BCUT2D eigenvalue weighted by Crippen LogP contribution is -2.25. The second-order valence-electron chi connectivity index (χ2n) is 5.79. The molecule has 1 aliphatic rings. The number of hydrogen-bond acceptors (Lipinski definition) is 5. The third kappa shape index (κ3) is 2.53. The van der Waals surface area contributed by atoms with Gasteiger partial charge in [-0.25, -0.2) is 4.68 Å². The number of rotatable bonds is 3. The molecule has 0 aliphatic heterocycles. The topological polar surface area (TPSA) is 57.0 Å². The summed E-state index contributed by atoms with van der Waals surface area (Å²) in [4.78, 5) is 14.9. The van der Waals surface area contributed by atoms with Crippen molar-refractivity contribution in [3.05, 3.63) is 50.6 Å². The summed E-state index contributed by atoms with van der Waals surface area (Å²) in [5, 5.41) is 9.19. The van der Waals surface area contributed by atoms with Crippen LogP contribution in [0.25, 0.3) is 10.2 Å². The summed E-state index contributed by atoms with van der Waals surface area (Å²) in [6.45, 7) is 0.427. The molecule has 0 amide bonds. The molecule has 6 heteroatoms. The van der Waals surface area contributed by atoms with Crippen LogP contribution in [0, 0.1) is 0 Å². The van der Waals surface area contributed by atoms with Crippen molar-refractivity contribution in [3.63, 3.8) is 0 Å². The van der Waals surface area contributed by atoms with Crippen LogP contribution in [0.3, 0.4) is 0 Å². The van der Waals surface area contributed by atoms with E-state index in [0.29, 0.717) is 6.54 Å². The highest BCUT2D eigenvalue weighted by atomic mass is 32.1. The normalized spacial score (nSPS) is 14.0. The summed E-state index contributed by atoms with van der Waals surface area (Å²) < 4.78 is 6.62. The van der Waals surface area contributed by atoms with E-state index in [9.17, 15) is 4.79 Å². The molecule has 3 aromatic rings. The first-order valence-electron chi connectivity index (χ1n) is 7.77. The Balaban J connectivity index is 1.75. The zero-order valence-electron chi connectivity index (χ0n) is 12.9. The predicted molar refractivity (Wildman–Crippen MR) is 90.4 cm³/mol. The van der Waals surface area contributed by atoms with Crippen LogP contribution in [0.1, 0.15) is 28.8 Å². The molecule has 0 bridgehead atoms. The SMILES string of the molecule is COc1ccc(Cn2nnc3sc4c(c3c2=O)CCCC4)cc1. The van der Waals surface area contributed by atoms with Crippen LogP contribution in [0.2, 0.25) is 0 Å². The van der Waals surface area contributed by atoms with E-state index >= 15 is 0 Å². The van der Waals surface area contributed by atoms with Crippen LogP contribution >= 0.6 is 11.3 Å². The maximum atomic E-state index is 12.8. The number of nitrogens with zero attached hydrogens (tertiary/aromatic N) is 3. The van der Waals surface area contributed by atoms with Gasteiger partial charge in [0.25, 0.3) is 5.56 Å². The molecule has 1 aromatic carbocycles. The van der Waals surface area contributed by atoms with E-state index in [4.69, 9.17) is 4.74 Å². The fourth-order valence-electron chi connectivity index (χ4n) is 3.11. The molecule has 0 saturated heterocycles. The predicted octanol–water partition coefficient (Wildman–Crippen LogP) is 2.79. The van der Waals surface area contributed by atoms with Crippen molar-refractivity contribution in [2.24, 2.45) is 0 Å². The van der Waals surface area contributed by atoms with Gasteiger partial charge in [-0.1, -0.05) is 17.3 Å². The highest BCUT2D eigenvalue weighted by Gasteiger charge is 2.20. The molecule has 0 radical (unpaired) electrons. The lowest BCUT2D eigenvalue weighted by atomic mass is 9.97. The summed E-state index contributed by atoms with van der Waals surface area (Å²) in [5.41, 5.74) is 2.19. The van der Waals surface area contributed by atoms with Gasteiger partial charge in [0.1, 0.15) is 5.75 Å². The van der Waals surface area contributed by atoms with Gasteiger partial charge < -0.3 is 4.74 Å². The molecule has 0 saturated carbocycles. The maximum Gasteiger partial charge on any atom is 0.279 e. The summed E-state index contributed by atoms with van der Waals surface area (Å²) in [7, 11) is 1.64.